The van der Waals surface area contributed by atoms with E-state index in [-0.39, 0.29) is 37.2 Å². The number of cyclic esters (lactones) is 1. The van der Waals surface area contributed by atoms with E-state index in [2.05, 4.69) is 0 Å². The molecule has 0 aromatic heterocycles. The number of carbonyl (C=O) groups excluding carboxylic acids is 2. The molecule has 0 saturated carbocycles. The topological polar surface area (TPSA) is 183 Å². The Balaban J connectivity index is 2.22. The number of likely N-dealkylation sites (N-methyl/N-ethyl adjacent to an activating group) is 1. The zero-order valence-corrected chi connectivity index (χ0v) is 33.9. The van der Waals surface area contributed by atoms with Crippen molar-refractivity contribution < 1.29 is 63.2 Å². The Hall–Kier alpha value is -1.30. The van der Waals surface area contributed by atoms with Crippen LogP contribution < -0.4 is 0 Å². The third-order valence-corrected chi connectivity index (χ3v) is 12.3. The number of ketones is 1. The van der Waals surface area contributed by atoms with E-state index in [1.807, 2.05) is 32.8 Å². The summed E-state index contributed by atoms with van der Waals surface area (Å²) in [5.74, 6) is -4.47. The maximum absolute atomic E-state index is 14.2. The second-order valence-electron chi connectivity index (χ2n) is 16.6. The van der Waals surface area contributed by atoms with Crippen LogP contribution in [-0.2, 0) is 42.7 Å². The van der Waals surface area contributed by atoms with Gasteiger partial charge in [0.05, 0.1) is 47.6 Å². The van der Waals surface area contributed by atoms with Gasteiger partial charge in [0.25, 0.3) is 0 Å². The van der Waals surface area contributed by atoms with E-state index in [1.165, 1.54) is 21.1 Å². The van der Waals surface area contributed by atoms with E-state index in [0.717, 1.165) is 0 Å². The number of rotatable bonds is 8. The van der Waals surface area contributed by atoms with Crippen molar-refractivity contribution in [3.8, 4) is 0 Å². The molecule has 3 saturated heterocycles. The average molecular weight is 748 g/mol. The lowest BCUT2D eigenvalue weighted by Crippen LogP contribution is -2.61. The summed E-state index contributed by atoms with van der Waals surface area (Å²) in [6, 6.07) is -0.283. The van der Waals surface area contributed by atoms with Gasteiger partial charge in [-0.25, -0.2) is 0 Å². The number of hydrogen-bond donors (Lipinski definition) is 4. The molecule has 304 valence electrons. The molecule has 0 aromatic rings. The first-order valence-electron chi connectivity index (χ1n) is 18.9. The number of esters is 1. The van der Waals surface area contributed by atoms with Crippen LogP contribution in [0.1, 0.15) is 94.9 Å². The summed E-state index contributed by atoms with van der Waals surface area (Å²) in [5.41, 5.74) is -4.24. The van der Waals surface area contributed by atoms with Crippen molar-refractivity contribution in [3.63, 3.8) is 0 Å². The molecule has 3 aliphatic heterocycles. The van der Waals surface area contributed by atoms with Crippen molar-refractivity contribution >= 4 is 11.8 Å². The third-order valence-electron chi connectivity index (χ3n) is 12.3. The number of hydrogen-bond acceptors (Lipinski definition) is 14. The first-order chi connectivity index (χ1) is 24.0. The van der Waals surface area contributed by atoms with Crippen LogP contribution in [0.2, 0.25) is 0 Å². The summed E-state index contributed by atoms with van der Waals surface area (Å²) in [6.45, 7) is 17.1. The highest BCUT2D eigenvalue weighted by Crippen LogP contribution is 2.41. The summed E-state index contributed by atoms with van der Waals surface area (Å²) in [5, 5.41) is 45.6. The van der Waals surface area contributed by atoms with Gasteiger partial charge in [-0.05, 0) is 74.9 Å². The standard InChI is InChI=1S/C38H69NO13/c1-15-26-38(10,45)31(42)21(4)28(40)19(2)17-37(9,47-14)33(52-35-29(41)25(39(11)12)16-20(3)48-35)22(5)30(23(6)34(44)50-26)51-27-18-36(8,46-13)32(43)24(7)49-27/h19-27,29-33,35,41-43,45H,15-18H2,1-14H3/t19-,20-,21+,22+,23-,24+,25+,26-,27+,29+,30+,31-,32+,33-,35+,36-,37-,38-/m1/s1. The normalized spacial score (nSPS) is 49.0. The molecule has 18 atom stereocenters. The Morgan fingerprint density at radius 2 is 1.44 bits per heavy atom. The van der Waals surface area contributed by atoms with Crippen molar-refractivity contribution in [3.05, 3.63) is 0 Å². The van der Waals surface area contributed by atoms with Crippen LogP contribution in [0, 0.1) is 23.7 Å². The first-order valence-corrected chi connectivity index (χ1v) is 18.9. The SMILES string of the molecule is CC[C@H]1OC(=O)[C@H](C)[C@@H](O[C@H]2C[C@@](C)(OC)[C@@H](O)[C@H](C)O2)[C@H](C)[C@@H](O[C@@H]2O[C@H](C)C[C@H](N(C)C)[C@@H]2O)[C@](C)(OC)C[C@@H](C)C(=O)[C@H](C)[C@@H](O)[C@]1(C)O. The monoisotopic (exact) mass is 747 g/mol. The summed E-state index contributed by atoms with van der Waals surface area (Å²) >= 11 is 0. The highest BCUT2D eigenvalue weighted by atomic mass is 16.7. The largest absolute Gasteiger partial charge is 0.459 e. The average Bonchev–Trinajstić information content (AvgIpc) is 3.09. The Morgan fingerprint density at radius 3 is 1.98 bits per heavy atom. The molecule has 0 amide bonds. The Labute approximate surface area is 310 Å². The smallest absolute Gasteiger partial charge is 0.311 e. The fourth-order valence-corrected chi connectivity index (χ4v) is 8.58. The Morgan fingerprint density at radius 1 is 0.846 bits per heavy atom. The summed E-state index contributed by atoms with van der Waals surface area (Å²) < 4.78 is 43.9. The van der Waals surface area contributed by atoms with Gasteiger partial charge in [-0.1, -0.05) is 27.7 Å². The molecule has 52 heavy (non-hydrogen) atoms. The molecule has 3 heterocycles. The zero-order chi connectivity index (χ0) is 39.7. The number of aliphatic hydroxyl groups excluding tert-OH is 3. The molecule has 0 spiro atoms. The molecular weight excluding hydrogens is 678 g/mol. The van der Waals surface area contributed by atoms with Crippen LogP contribution in [0.5, 0.6) is 0 Å². The minimum absolute atomic E-state index is 0.111. The van der Waals surface area contributed by atoms with Crippen LogP contribution in [-0.4, -0.2) is 150 Å². The quantitative estimate of drug-likeness (QED) is 0.266. The Kier molecular flexibility index (Phi) is 15.3. The Bertz CT molecular complexity index is 1190. The lowest BCUT2D eigenvalue weighted by molar-refractivity contribution is -0.319. The number of aliphatic hydroxyl groups is 4. The number of carbonyl (C=O) groups is 2. The van der Waals surface area contributed by atoms with Gasteiger partial charge in [-0.15, -0.1) is 0 Å². The van der Waals surface area contributed by atoms with Crippen LogP contribution in [0.25, 0.3) is 0 Å². The molecule has 3 aliphatic rings. The van der Waals surface area contributed by atoms with Crippen molar-refractivity contribution in [2.45, 2.75) is 179 Å². The molecular formula is C38H69NO13. The lowest BCUT2D eigenvalue weighted by Gasteiger charge is -2.50. The van der Waals surface area contributed by atoms with E-state index >= 15 is 0 Å². The molecule has 14 heteroatoms. The second kappa shape index (κ2) is 17.7. The van der Waals surface area contributed by atoms with E-state index in [9.17, 15) is 30.0 Å². The summed E-state index contributed by atoms with van der Waals surface area (Å²) in [4.78, 5) is 30.1. The number of nitrogens with zero attached hydrogens (tertiary/aromatic N) is 1. The minimum Gasteiger partial charge on any atom is -0.459 e. The molecule has 0 radical (unpaired) electrons. The number of methoxy groups -OCH3 is 2. The predicted octanol–water partition coefficient (Wildman–Crippen LogP) is 2.44. The minimum atomic E-state index is -1.96. The van der Waals surface area contributed by atoms with Gasteiger partial charge in [0.1, 0.15) is 29.7 Å². The van der Waals surface area contributed by atoms with Crippen LogP contribution >= 0.6 is 0 Å². The van der Waals surface area contributed by atoms with E-state index in [0.29, 0.717) is 6.42 Å². The molecule has 0 unspecified atom stereocenters. The van der Waals surface area contributed by atoms with Crippen LogP contribution in [0.4, 0.5) is 0 Å². The van der Waals surface area contributed by atoms with Gasteiger partial charge in [0, 0.05) is 44.4 Å². The van der Waals surface area contributed by atoms with E-state index < -0.39 is 102 Å². The molecule has 14 nitrogen and oxygen atoms in total. The van der Waals surface area contributed by atoms with Crippen molar-refractivity contribution in [2.75, 3.05) is 28.3 Å². The van der Waals surface area contributed by atoms with Gasteiger partial charge in [-0.2, -0.15) is 0 Å². The van der Waals surface area contributed by atoms with Crippen molar-refractivity contribution in [2.24, 2.45) is 23.7 Å². The van der Waals surface area contributed by atoms with Crippen molar-refractivity contribution in [1.82, 2.24) is 4.90 Å². The van der Waals surface area contributed by atoms with Crippen LogP contribution in [0.3, 0.4) is 0 Å². The fraction of sp³-hybridized carbons (Fsp3) is 0.947. The number of Topliss-reactive ketones (excluding diaryl/α,β-unsaturated/α-hetero) is 1. The number of ether oxygens (including phenoxy) is 7. The summed E-state index contributed by atoms with van der Waals surface area (Å²) in [6.07, 6.45) is -8.73. The van der Waals surface area contributed by atoms with Gasteiger partial charge in [-0.3, -0.25) is 9.59 Å². The van der Waals surface area contributed by atoms with Gasteiger partial charge >= 0.3 is 5.97 Å². The predicted molar refractivity (Wildman–Crippen MR) is 191 cm³/mol. The molecule has 3 rings (SSSR count). The van der Waals surface area contributed by atoms with E-state index in [4.69, 9.17) is 33.2 Å². The molecule has 0 bridgehead atoms. The van der Waals surface area contributed by atoms with Crippen molar-refractivity contribution in [1.29, 1.82) is 0 Å². The molecule has 0 aromatic carbocycles. The van der Waals surface area contributed by atoms with Crippen LogP contribution in [0.15, 0.2) is 0 Å². The highest BCUT2D eigenvalue weighted by Gasteiger charge is 2.54. The molecule has 4 N–H and O–H groups in total. The highest BCUT2D eigenvalue weighted by molar-refractivity contribution is 5.83. The maximum Gasteiger partial charge on any atom is 0.311 e. The van der Waals surface area contributed by atoms with Gasteiger partial charge in [0.15, 0.2) is 12.6 Å². The third kappa shape index (κ3) is 9.38. The van der Waals surface area contributed by atoms with Gasteiger partial charge in [0.2, 0.25) is 0 Å². The molecule has 0 aliphatic carbocycles. The first kappa shape index (κ1) is 45.1. The zero-order valence-electron chi connectivity index (χ0n) is 33.9. The summed E-state index contributed by atoms with van der Waals surface area (Å²) in [7, 11) is 6.77. The lowest BCUT2D eigenvalue weighted by atomic mass is 9.74. The molecule has 3 fully saturated rings. The maximum atomic E-state index is 14.2. The second-order valence-corrected chi connectivity index (χ2v) is 16.6. The van der Waals surface area contributed by atoms with E-state index in [1.54, 1.807) is 48.5 Å². The van der Waals surface area contributed by atoms with Gasteiger partial charge < -0.3 is 58.5 Å². The fourth-order valence-electron chi connectivity index (χ4n) is 8.58.